The third kappa shape index (κ3) is 15.4. The molecule has 0 aliphatic rings. The summed E-state index contributed by atoms with van der Waals surface area (Å²) in [5.41, 5.74) is -0.738. The second kappa shape index (κ2) is 16.8. The Bertz CT molecular complexity index is 298. The standard InChI is InChI=1S/C21H42O4/c1-3-4-5-6-7-8-9-10-11-12-13-14-15-20(24)25-21(2,16-18-22)17-19-23/h22-23H,3-19H2,1-2H3. The van der Waals surface area contributed by atoms with Crippen molar-refractivity contribution in [1.29, 1.82) is 0 Å². The van der Waals surface area contributed by atoms with Gasteiger partial charge in [0.15, 0.2) is 0 Å². The number of aliphatic hydroxyl groups is 2. The molecule has 150 valence electrons. The summed E-state index contributed by atoms with van der Waals surface area (Å²) in [5.74, 6) is -0.212. The van der Waals surface area contributed by atoms with Gasteiger partial charge < -0.3 is 14.9 Å². The highest BCUT2D eigenvalue weighted by atomic mass is 16.6. The van der Waals surface area contributed by atoms with Crippen molar-refractivity contribution in [3.05, 3.63) is 0 Å². The molecule has 0 amide bonds. The molecule has 25 heavy (non-hydrogen) atoms. The van der Waals surface area contributed by atoms with E-state index in [4.69, 9.17) is 14.9 Å². The molecule has 2 N–H and O–H groups in total. The molecule has 0 saturated heterocycles. The summed E-state index contributed by atoms with van der Waals surface area (Å²) in [5, 5.41) is 18.1. The lowest BCUT2D eigenvalue weighted by Crippen LogP contribution is -2.34. The number of rotatable bonds is 18. The molecule has 0 aliphatic carbocycles. The lowest BCUT2D eigenvalue weighted by atomic mass is 9.98. The molecule has 0 unspecified atom stereocenters. The molecule has 0 heterocycles. The zero-order chi connectivity index (χ0) is 18.8. The van der Waals surface area contributed by atoms with Crippen LogP contribution in [0.4, 0.5) is 0 Å². The molecule has 0 atom stereocenters. The highest BCUT2D eigenvalue weighted by Gasteiger charge is 2.27. The van der Waals surface area contributed by atoms with Crippen LogP contribution in [0.1, 0.15) is 110 Å². The Morgan fingerprint density at radius 3 is 1.56 bits per heavy atom. The van der Waals surface area contributed by atoms with E-state index >= 15 is 0 Å². The second-order valence-corrected chi connectivity index (χ2v) is 7.51. The van der Waals surface area contributed by atoms with Gasteiger partial charge in [-0.2, -0.15) is 0 Å². The lowest BCUT2D eigenvalue weighted by molar-refractivity contribution is -0.161. The van der Waals surface area contributed by atoms with Crippen LogP contribution in [0.3, 0.4) is 0 Å². The van der Waals surface area contributed by atoms with Crippen molar-refractivity contribution in [3.63, 3.8) is 0 Å². The number of carbonyl (C=O) groups excluding carboxylic acids is 1. The van der Waals surface area contributed by atoms with Crippen molar-refractivity contribution in [2.24, 2.45) is 0 Å². The van der Waals surface area contributed by atoms with Crippen LogP contribution in [-0.4, -0.2) is 35.0 Å². The summed E-state index contributed by atoms with van der Waals surface area (Å²) in [6.07, 6.45) is 16.4. The molecule has 0 aromatic rings. The number of hydrogen-bond acceptors (Lipinski definition) is 4. The third-order valence-electron chi connectivity index (χ3n) is 4.88. The van der Waals surface area contributed by atoms with Crippen LogP contribution >= 0.6 is 0 Å². The van der Waals surface area contributed by atoms with Gasteiger partial charge in [-0.1, -0.05) is 77.6 Å². The Hall–Kier alpha value is -0.610. The Kier molecular flexibility index (Phi) is 16.4. The van der Waals surface area contributed by atoms with E-state index in [1.54, 1.807) is 6.92 Å². The first-order valence-electron chi connectivity index (χ1n) is 10.5. The fourth-order valence-electron chi connectivity index (χ4n) is 3.14. The molecule has 4 heteroatoms. The average molecular weight is 359 g/mol. The Morgan fingerprint density at radius 2 is 1.16 bits per heavy atom. The first-order chi connectivity index (χ1) is 12.1. The summed E-state index contributed by atoms with van der Waals surface area (Å²) in [7, 11) is 0. The smallest absolute Gasteiger partial charge is 0.306 e. The molecule has 0 spiro atoms. The molecule has 4 nitrogen and oxygen atoms in total. The molecule has 0 aliphatic heterocycles. The summed E-state index contributed by atoms with van der Waals surface area (Å²) >= 11 is 0. The van der Waals surface area contributed by atoms with Crippen LogP contribution in [0.5, 0.6) is 0 Å². The van der Waals surface area contributed by atoms with E-state index in [0.717, 1.165) is 12.8 Å². The normalized spacial score (nSPS) is 11.7. The van der Waals surface area contributed by atoms with Crippen LogP contribution < -0.4 is 0 Å². The minimum absolute atomic E-state index is 0.0393. The van der Waals surface area contributed by atoms with Crippen LogP contribution in [0, 0.1) is 0 Å². The maximum absolute atomic E-state index is 11.9. The summed E-state index contributed by atoms with van der Waals surface area (Å²) in [4.78, 5) is 11.9. The van der Waals surface area contributed by atoms with Crippen LogP contribution in [0.2, 0.25) is 0 Å². The molecule has 0 aromatic carbocycles. The second-order valence-electron chi connectivity index (χ2n) is 7.51. The van der Waals surface area contributed by atoms with Crippen LogP contribution in [0.25, 0.3) is 0 Å². The van der Waals surface area contributed by atoms with E-state index in [-0.39, 0.29) is 19.2 Å². The van der Waals surface area contributed by atoms with Gasteiger partial charge in [0.2, 0.25) is 0 Å². The van der Waals surface area contributed by atoms with E-state index in [2.05, 4.69) is 6.92 Å². The van der Waals surface area contributed by atoms with Gasteiger partial charge in [0, 0.05) is 32.5 Å². The molecular formula is C21H42O4. The molecule has 0 fully saturated rings. The number of carbonyl (C=O) groups is 1. The van der Waals surface area contributed by atoms with Crippen molar-refractivity contribution in [2.75, 3.05) is 13.2 Å². The van der Waals surface area contributed by atoms with E-state index in [1.165, 1.54) is 64.2 Å². The summed E-state index contributed by atoms with van der Waals surface area (Å²) in [6, 6.07) is 0. The molecule has 0 rings (SSSR count). The number of hydrogen-bond donors (Lipinski definition) is 2. The molecule has 0 saturated carbocycles. The zero-order valence-corrected chi connectivity index (χ0v) is 16.7. The number of unbranched alkanes of at least 4 members (excludes halogenated alkanes) is 11. The first-order valence-corrected chi connectivity index (χ1v) is 10.5. The quantitative estimate of drug-likeness (QED) is 0.263. The Balaban J connectivity index is 3.51. The van der Waals surface area contributed by atoms with Gasteiger partial charge >= 0.3 is 5.97 Å². The molecule has 0 aromatic heterocycles. The predicted molar refractivity (Wildman–Crippen MR) is 104 cm³/mol. The predicted octanol–water partition coefficient (Wildman–Crippen LogP) is 5.14. The van der Waals surface area contributed by atoms with Crippen molar-refractivity contribution in [2.45, 2.75) is 116 Å². The summed E-state index contributed by atoms with van der Waals surface area (Å²) < 4.78 is 5.46. The van der Waals surface area contributed by atoms with Crippen molar-refractivity contribution in [3.8, 4) is 0 Å². The van der Waals surface area contributed by atoms with Crippen LogP contribution in [0.15, 0.2) is 0 Å². The Labute approximate surface area is 155 Å². The van der Waals surface area contributed by atoms with Gasteiger partial charge in [-0.25, -0.2) is 0 Å². The molecule has 0 bridgehead atoms. The van der Waals surface area contributed by atoms with Crippen molar-refractivity contribution < 1.29 is 19.7 Å². The minimum Gasteiger partial charge on any atom is -0.459 e. The van der Waals surface area contributed by atoms with E-state index in [1.807, 2.05) is 0 Å². The lowest BCUT2D eigenvalue weighted by Gasteiger charge is -2.28. The number of aliphatic hydroxyl groups excluding tert-OH is 2. The maximum atomic E-state index is 11.9. The first kappa shape index (κ1) is 24.4. The molecular weight excluding hydrogens is 316 g/mol. The van der Waals surface area contributed by atoms with E-state index < -0.39 is 5.60 Å². The van der Waals surface area contributed by atoms with E-state index in [9.17, 15) is 4.79 Å². The highest BCUT2D eigenvalue weighted by molar-refractivity contribution is 5.69. The topological polar surface area (TPSA) is 66.8 Å². The fourth-order valence-corrected chi connectivity index (χ4v) is 3.14. The minimum atomic E-state index is -0.738. The van der Waals surface area contributed by atoms with Crippen LogP contribution in [-0.2, 0) is 9.53 Å². The fraction of sp³-hybridized carbons (Fsp3) is 0.952. The third-order valence-corrected chi connectivity index (χ3v) is 4.88. The number of ether oxygens (including phenoxy) is 1. The average Bonchev–Trinajstić information content (AvgIpc) is 2.56. The van der Waals surface area contributed by atoms with E-state index in [0.29, 0.717) is 19.3 Å². The highest BCUT2D eigenvalue weighted by Crippen LogP contribution is 2.21. The van der Waals surface area contributed by atoms with Gasteiger partial charge in [0.05, 0.1) is 0 Å². The van der Waals surface area contributed by atoms with Gasteiger partial charge in [0.25, 0.3) is 0 Å². The van der Waals surface area contributed by atoms with Crippen molar-refractivity contribution in [1.82, 2.24) is 0 Å². The van der Waals surface area contributed by atoms with Crippen molar-refractivity contribution >= 4 is 5.97 Å². The zero-order valence-electron chi connectivity index (χ0n) is 16.7. The van der Waals surface area contributed by atoms with Gasteiger partial charge in [0.1, 0.15) is 5.60 Å². The van der Waals surface area contributed by atoms with Gasteiger partial charge in [-0.3, -0.25) is 4.79 Å². The van der Waals surface area contributed by atoms with Gasteiger partial charge in [-0.15, -0.1) is 0 Å². The monoisotopic (exact) mass is 358 g/mol. The number of esters is 1. The molecule has 0 radical (unpaired) electrons. The van der Waals surface area contributed by atoms with Gasteiger partial charge in [-0.05, 0) is 13.3 Å². The maximum Gasteiger partial charge on any atom is 0.306 e. The Morgan fingerprint density at radius 1 is 0.760 bits per heavy atom. The summed E-state index contributed by atoms with van der Waals surface area (Å²) in [6.45, 7) is 3.95. The SMILES string of the molecule is CCCCCCCCCCCCCCC(=O)OC(C)(CCO)CCO. The largest absolute Gasteiger partial charge is 0.459 e.